The fourth-order valence-corrected chi connectivity index (χ4v) is 2.80. The molecule has 2 N–H and O–H groups in total. The van der Waals surface area contributed by atoms with Crippen molar-refractivity contribution in [3.8, 4) is 6.07 Å². The van der Waals surface area contributed by atoms with Gasteiger partial charge in [0.2, 0.25) is 0 Å². The van der Waals surface area contributed by atoms with Gasteiger partial charge in [-0.2, -0.15) is 5.26 Å². The van der Waals surface area contributed by atoms with Crippen LogP contribution in [0.2, 0.25) is 0 Å². The molecule has 0 fully saturated rings. The predicted octanol–water partition coefficient (Wildman–Crippen LogP) is 2.48. The van der Waals surface area contributed by atoms with Crippen LogP contribution in [0.25, 0.3) is 0 Å². The number of nitrogens with zero attached hydrogens (tertiary/aromatic N) is 2. The zero-order valence-corrected chi connectivity index (χ0v) is 12.0. The van der Waals surface area contributed by atoms with E-state index in [0.29, 0.717) is 12.1 Å². The van der Waals surface area contributed by atoms with Crippen LogP contribution < -0.4 is 10.6 Å². The number of carbonyl (C=O) groups excluding carboxylic acids is 1. The van der Waals surface area contributed by atoms with Crippen LogP contribution >= 0.6 is 0 Å². The summed E-state index contributed by atoms with van der Waals surface area (Å²) in [6.07, 6.45) is -0.272. The third-order valence-corrected chi connectivity index (χ3v) is 3.90. The number of amides is 1. The molecule has 0 bridgehead atoms. The molecule has 1 aliphatic heterocycles. The molecule has 21 heavy (non-hydrogen) atoms. The highest BCUT2D eigenvalue weighted by Crippen LogP contribution is 2.29. The van der Waals surface area contributed by atoms with Crippen LogP contribution in [-0.2, 0) is 6.54 Å². The second-order valence-corrected chi connectivity index (χ2v) is 5.17. The third kappa shape index (κ3) is 2.15. The largest absolute Gasteiger partial charge is 0.361 e. The van der Waals surface area contributed by atoms with Gasteiger partial charge >= 0.3 is 0 Å². The minimum Gasteiger partial charge on any atom is -0.361 e. The summed E-state index contributed by atoms with van der Waals surface area (Å²) in [5.41, 5.74) is 4.48. The number of hydrogen-bond donors (Lipinski definition) is 2. The van der Waals surface area contributed by atoms with E-state index in [2.05, 4.69) is 16.7 Å². The number of anilines is 1. The molecule has 0 radical (unpaired) electrons. The van der Waals surface area contributed by atoms with Gasteiger partial charge in [0.25, 0.3) is 5.91 Å². The first-order chi connectivity index (χ1) is 10.1. The maximum absolute atomic E-state index is 12.2. The van der Waals surface area contributed by atoms with Gasteiger partial charge < -0.3 is 15.2 Å². The Labute approximate surface area is 123 Å². The van der Waals surface area contributed by atoms with Gasteiger partial charge in [0.1, 0.15) is 12.7 Å². The number of rotatable bonds is 2. The van der Waals surface area contributed by atoms with Gasteiger partial charge in [-0.1, -0.05) is 12.1 Å². The summed E-state index contributed by atoms with van der Waals surface area (Å²) in [5.74, 6) is -0.0839. The normalized spacial score (nSPS) is 16.6. The van der Waals surface area contributed by atoms with Crippen molar-refractivity contribution in [1.82, 2.24) is 9.88 Å². The zero-order valence-electron chi connectivity index (χ0n) is 12.0. The van der Waals surface area contributed by atoms with Crippen LogP contribution in [-0.4, -0.2) is 10.5 Å². The molecule has 0 spiro atoms. The molecule has 1 unspecified atom stereocenters. The lowest BCUT2D eigenvalue weighted by atomic mass is 10.1. The van der Waals surface area contributed by atoms with Gasteiger partial charge in [0, 0.05) is 22.6 Å². The number of benzene rings is 1. The molecule has 1 amide bonds. The molecule has 106 valence electrons. The molecule has 1 aromatic heterocycles. The first-order valence-corrected chi connectivity index (χ1v) is 6.82. The molecular formula is C16H16N4O. The Morgan fingerprint density at radius 3 is 2.81 bits per heavy atom. The van der Waals surface area contributed by atoms with Gasteiger partial charge in [-0.05, 0) is 32.0 Å². The lowest BCUT2D eigenvalue weighted by molar-refractivity contribution is 0.0935. The highest BCUT2D eigenvalue weighted by molar-refractivity contribution is 6.01. The van der Waals surface area contributed by atoms with Crippen molar-refractivity contribution in [3.63, 3.8) is 0 Å². The van der Waals surface area contributed by atoms with E-state index >= 15 is 0 Å². The summed E-state index contributed by atoms with van der Waals surface area (Å²) in [5, 5.41) is 15.2. The molecule has 0 aliphatic carbocycles. The summed E-state index contributed by atoms with van der Waals surface area (Å²) in [4.78, 5) is 12.2. The van der Waals surface area contributed by atoms with Crippen molar-refractivity contribution in [2.45, 2.75) is 26.6 Å². The van der Waals surface area contributed by atoms with Gasteiger partial charge in [0.15, 0.2) is 0 Å². The molecule has 2 aromatic rings. The van der Waals surface area contributed by atoms with E-state index in [1.54, 1.807) is 6.07 Å². The van der Waals surface area contributed by atoms with Crippen LogP contribution in [0.15, 0.2) is 30.3 Å². The minimum atomic E-state index is -0.272. The SMILES string of the molecule is Cc1cc(C2NC(=O)c3ccccc3N2)c(C)n1CC#N. The maximum Gasteiger partial charge on any atom is 0.255 e. The highest BCUT2D eigenvalue weighted by atomic mass is 16.2. The average molecular weight is 280 g/mol. The van der Waals surface area contributed by atoms with E-state index in [9.17, 15) is 4.79 Å². The molecule has 0 saturated carbocycles. The highest BCUT2D eigenvalue weighted by Gasteiger charge is 2.26. The molecule has 5 heteroatoms. The van der Waals surface area contributed by atoms with Crippen molar-refractivity contribution in [2.75, 3.05) is 5.32 Å². The number of fused-ring (bicyclic) bond motifs is 1. The van der Waals surface area contributed by atoms with Crippen molar-refractivity contribution in [3.05, 3.63) is 52.8 Å². The average Bonchev–Trinajstić information content (AvgIpc) is 2.76. The Kier molecular flexibility index (Phi) is 3.15. The third-order valence-electron chi connectivity index (χ3n) is 3.90. The quantitative estimate of drug-likeness (QED) is 0.888. The Hall–Kier alpha value is -2.74. The van der Waals surface area contributed by atoms with Gasteiger partial charge in [-0.25, -0.2) is 0 Å². The maximum atomic E-state index is 12.2. The van der Waals surface area contributed by atoms with Gasteiger partial charge in [0.05, 0.1) is 11.6 Å². The van der Waals surface area contributed by atoms with E-state index < -0.39 is 0 Å². The molecule has 0 saturated heterocycles. The number of nitrogens with one attached hydrogen (secondary N) is 2. The van der Waals surface area contributed by atoms with Crippen LogP contribution in [0.1, 0.15) is 33.5 Å². The fourth-order valence-electron chi connectivity index (χ4n) is 2.80. The molecule has 1 aromatic carbocycles. The molecule has 2 heterocycles. The number of para-hydroxylation sites is 1. The number of nitriles is 1. The van der Waals surface area contributed by atoms with E-state index in [0.717, 1.165) is 22.6 Å². The summed E-state index contributed by atoms with van der Waals surface area (Å²) in [7, 11) is 0. The number of hydrogen-bond acceptors (Lipinski definition) is 3. The molecular weight excluding hydrogens is 264 g/mol. The van der Waals surface area contributed by atoms with Crippen LogP contribution in [0.3, 0.4) is 0 Å². The zero-order chi connectivity index (χ0) is 15.0. The molecule has 1 atom stereocenters. The second kappa shape index (κ2) is 4.98. The lowest BCUT2D eigenvalue weighted by Crippen LogP contribution is -2.38. The summed E-state index contributed by atoms with van der Waals surface area (Å²) >= 11 is 0. The molecule has 3 rings (SSSR count). The first kappa shape index (κ1) is 13.3. The predicted molar refractivity (Wildman–Crippen MR) is 79.8 cm³/mol. The van der Waals surface area contributed by atoms with Crippen molar-refractivity contribution < 1.29 is 4.79 Å². The number of carbonyl (C=O) groups is 1. The van der Waals surface area contributed by atoms with Crippen molar-refractivity contribution in [2.24, 2.45) is 0 Å². The minimum absolute atomic E-state index is 0.0839. The summed E-state index contributed by atoms with van der Waals surface area (Å²) in [6.45, 7) is 4.25. The van der Waals surface area contributed by atoms with E-state index in [-0.39, 0.29) is 12.1 Å². The standard InChI is InChI=1S/C16H16N4O/c1-10-9-13(11(2)20(10)8-7-17)15-18-14-6-4-3-5-12(14)16(21)19-15/h3-6,9,15,18H,8H2,1-2H3,(H,19,21). The fraction of sp³-hybridized carbons (Fsp3) is 0.250. The Balaban J connectivity index is 1.99. The Morgan fingerprint density at radius 1 is 1.29 bits per heavy atom. The summed E-state index contributed by atoms with van der Waals surface area (Å²) < 4.78 is 1.95. The Bertz CT molecular complexity index is 754. The van der Waals surface area contributed by atoms with E-state index in [1.165, 1.54) is 0 Å². The van der Waals surface area contributed by atoms with Crippen LogP contribution in [0.4, 0.5) is 5.69 Å². The monoisotopic (exact) mass is 280 g/mol. The number of aryl methyl sites for hydroxylation is 1. The first-order valence-electron chi connectivity index (χ1n) is 6.82. The van der Waals surface area contributed by atoms with Crippen LogP contribution in [0.5, 0.6) is 0 Å². The van der Waals surface area contributed by atoms with Crippen molar-refractivity contribution in [1.29, 1.82) is 5.26 Å². The second-order valence-electron chi connectivity index (χ2n) is 5.17. The topological polar surface area (TPSA) is 69.8 Å². The lowest BCUT2D eigenvalue weighted by Gasteiger charge is -2.28. The van der Waals surface area contributed by atoms with Gasteiger partial charge in [-0.3, -0.25) is 4.79 Å². The number of aromatic nitrogens is 1. The van der Waals surface area contributed by atoms with E-state index in [1.807, 2.05) is 42.7 Å². The molecule has 5 nitrogen and oxygen atoms in total. The Morgan fingerprint density at radius 2 is 2.05 bits per heavy atom. The molecule has 1 aliphatic rings. The van der Waals surface area contributed by atoms with Gasteiger partial charge in [-0.15, -0.1) is 0 Å². The summed E-state index contributed by atoms with van der Waals surface area (Å²) in [6, 6.07) is 11.6. The smallest absolute Gasteiger partial charge is 0.255 e. The van der Waals surface area contributed by atoms with Crippen molar-refractivity contribution >= 4 is 11.6 Å². The van der Waals surface area contributed by atoms with E-state index in [4.69, 9.17) is 5.26 Å². The van der Waals surface area contributed by atoms with Crippen LogP contribution in [0, 0.1) is 25.2 Å².